The van der Waals surface area contributed by atoms with E-state index in [2.05, 4.69) is 32.0 Å². The first-order valence-electron chi connectivity index (χ1n) is 7.79. The van der Waals surface area contributed by atoms with Gasteiger partial charge in [-0.1, -0.05) is 51.0 Å². The molecule has 0 saturated heterocycles. The van der Waals surface area contributed by atoms with Crippen LogP contribution in [0.5, 0.6) is 0 Å². The first-order chi connectivity index (χ1) is 9.78. The Morgan fingerprint density at radius 3 is 2.00 bits per heavy atom. The Balaban J connectivity index is 2.43. The summed E-state index contributed by atoms with van der Waals surface area (Å²) in [7, 11) is 0. The molecule has 0 unspecified atom stereocenters. The van der Waals surface area contributed by atoms with Gasteiger partial charge in [0.1, 0.15) is 6.29 Å². The Hall–Kier alpha value is -1.63. The molecule has 0 radical (unpaired) electrons. The molecule has 0 aliphatic rings. The lowest BCUT2D eigenvalue weighted by Crippen LogP contribution is -1.96. The van der Waals surface area contributed by atoms with Crippen molar-refractivity contribution in [3.8, 4) is 0 Å². The highest BCUT2D eigenvalue weighted by atomic mass is 16.1. The molecule has 0 fully saturated rings. The van der Waals surface area contributed by atoms with Gasteiger partial charge in [-0.3, -0.25) is 4.79 Å². The van der Waals surface area contributed by atoms with Gasteiger partial charge in [-0.25, -0.2) is 0 Å². The first-order valence-corrected chi connectivity index (χ1v) is 7.79. The maximum Gasteiger partial charge on any atom is 0.150 e. The van der Waals surface area contributed by atoms with Gasteiger partial charge in [0.15, 0.2) is 0 Å². The minimum absolute atomic E-state index is 0.764. The molecule has 0 saturated carbocycles. The van der Waals surface area contributed by atoms with Gasteiger partial charge < -0.3 is 0 Å². The van der Waals surface area contributed by atoms with Crippen LogP contribution in [0.3, 0.4) is 0 Å². The monoisotopic (exact) mass is 268 g/mol. The van der Waals surface area contributed by atoms with Crippen LogP contribution in [0.25, 0.3) is 10.8 Å². The van der Waals surface area contributed by atoms with E-state index in [-0.39, 0.29) is 0 Å². The molecule has 20 heavy (non-hydrogen) atoms. The minimum atomic E-state index is 0.764. The van der Waals surface area contributed by atoms with Crippen LogP contribution < -0.4 is 0 Å². The zero-order valence-corrected chi connectivity index (χ0v) is 12.6. The van der Waals surface area contributed by atoms with Crippen LogP contribution >= 0.6 is 0 Å². The van der Waals surface area contributed by atoms with E-state index in [9.17, 15) is 4.79 Å². The highest BCUT2D eigenvalue weighted by Crippen LogP contribution is 2.24. The highest BCUT2D eigenvalue weighted by Gasteiger charge is 2.06. The second kappa shape index (κ2) is 7.23. The molecule has 0 bridgehead atoms. The van der Waals surface area contributed by atoms with Gasteiger partial charge in [0.05, 0.1) is 0 Å². The van der Waals surface area contributed by atoms with Crippen molar-refractivity contribution in [2.45, 2.75) is 52.4 Å². The van der Waals surface area contributed by atoms with Crippen molar-refractivity contribution >= 4 is 17.1 Å². The zero-order valence-electron chi connectivity index (χ0n) is 12.6. The molecule has 1 heteroatoms. The van der Waals surface area contributed by atoms with Gasteiger partial charge in [0, 0.05) is 5.56 Å². The lowest BCUT2D eigenvalue weighted by Gasteiger charge is -2.12. The molecule has 0 heterocycles. The van der Waals surface area contributed by atoms with E-state index in [1.807, 2.05) is 12.1 Å². The molecule has 2 aromatic rings. The van der Waals surface area contributed by atoms with E-state index in [0.29, 0.717) is 0 Å². The molecule has 0 amide bonds. The van der Waals surface area contributed by atoms with E-state index in [1.165, 1.54) is 54.0 Å². The predicted molar refractivity (Wildman–Crippen MR) is 86.6 cm³/mol. The standard InChI is InChI=1S/C19H24O/c1-3-5-7-16-12-18-10-9-15(14-20)11-19(18)13-17(16)8-6-4-2/h9-14H,3-8H2,1-2H3. The van der Waals surface area contributed by atoms with Crippen LogP contribution in [0.4, 0.5) is 0 Å². The average Bonchev–Trinajstić information content (AvgIpc) is 2.49. The van der Waals surface area contributed by atoms with E-state index in [0.717, 1.165) is 18.3 Å². The average molecular weight is 268 g/mol. The van der Waals surface area contributed by atoms with Crippen LogP contribution in [-0.4, -0.2) is 6.29 Å². The Morgan fingerprint density at radius 1 is 0.850 bits per heavy atom. The van der Waals surface area contributed by atoms with Crippen LogP contribution in [0.15, 0.2) is 30.3 Å². The molecule has 106 valence electrons. The third-order valence-electron chi connectivity index (χ3n) is 3.92. The number of hydrogen-bond donors (Lipinski definition) is 0. The normalized spacial score (nSPS) is 10.9. The number of aryl methyl sites for hydroxylation is 2. The van der Waals surface area contributed by atoms with Crippen molar-refractivity contribution in [3.05, 3.63) is 47.0 Å². The van der Waals surface area contributed by atoms with Crippen molar-refractivity contribution in [2.24, 2.45) is 0 Å². The van der Waals surface area contributed by atoms with Gasteiger partial charge in [0.25, 0.3) is 0 Å². The summed E-state index contributed by atoms with van der Waals surface area (Å²) in [6.07, 6.45) is 8.18. The molecule has 2 aromatic carbocycles. The number of rotatable bonds is 7. The third kappa shape index (κ3) is 3.47. The van der Waals surface area contributed by atoms with E-state index >= 15 is 0 Å². The molecule has 0 spiro atoms. The zero-order chi connectivity index (χ0) is 14.4. The number of hydrogen-bond acceptors (Lipinski definition) is 1. The van der Waals surface area contributed by atoms with Crippen molar-refractivity contribution in [1.29, 1.82) is 0 Å². The number of fused-ring (bicyclic) bond motifs is 1. The Bertz CT molecular complexity index is 584. The van der Waals surface area contributed by atoms with Crippen LogP contribution in [0.1, 0.15) is 61.0 Å². The lowest BCUT2D eigenvalue weighted by molar-refractivity contribution is 0.112. The Labute approximate surface area is 122 Å². The molecular weight excluding hydrogens is 244 g/mol. The summed E-state index contributed by atoms with van der Waals surface area (Å²) in [5, 5.41) is 2.45. The summed E-state index contributed by atoms with van der Waals surface area (Å²) in [5.41, 5.74) is 3.72. The van der Waals surface area contributed by atoms with E-state index in [4.69, 9.17) is 0 Å². The fraction of sp³-hybridized carbons (Fsp3) is 0.421. The fourth-order valence-corrected chi connectivity index (χ4v) is 2.68. The minimum Gasteiger partial charge on any atom is -0.298 e. The largest absolute Gasteiger partial charge is 0.298 e. The Kier molecular flexibility index (Phi) is 5.34. The van der Waals surface area contributed by atoms with E-state index in [1.54, 1.807) is 0 Å². The van der Waals surface area contributed by atoms with Crippen molar-refractivity contribution in [1.82, 2.24) is 0 Å². The summed E-state index contributed by atoms with van der Waals surface area (Å²) in [6, 6.07) is 10.6. The maximum absolute atomic E-state index is 10.9. The van der Waals surface area contributed by atoms with Crippen molar-refractivity contribution < 1.29 is 4.79 Å². The summed E-state index contributed by atoms with van der Waals surface area (Å²) in [4.78, 5) is 10.9. The summed E-state index contributed by atoms with van der Waals surface area (Å²) in [6.45, 7) is 4.47. The van der Waals surface area contributed by atoms with Crippen LogP contribution in [0.2, 0.25) is 0 Å². The van der Waals surface area contributed by atoms with E-state index < -0.39 is 0 Å². The van der Waals surface area contributed by atoms with Gasteiger partial charge in [-0.2, -0.15) is 0 Å². The van der Waals surface area contributed by atoms with Crippen LogP contribution in [0, 0.1) is 0 Å². The molecule has 0 aromatic heterocycles. The second-order valence-electron chi connectivity index (χ2n) is 5.55. The molecule has 0 aliphatic carbocycles. The molecule has 0 aliphatic heterocycles. The van der Waals surface area contributed by atoms with Gasteiger partial charge in [-0.05, 0) is 53.6 Å². The maximum atomic E-state index is 10.9. The third-order valence-corrected chi connectivity index (χ3v) is 3.92. The van der Waals surface area contributed by atoms with Crippen LogP contribution in [-0.2, 0) is 12.8 Å². The second-order valence-corrected chi connectivity index (χ2v) is 5.55. The molecule has 0 N–H and O–H groups in total. The lowest BCUT2D eigenvalue weighted by atomic mass is 9.93. The highest BCUT2D eigenvalue weighted by molar-refractivity contribution is 5.89. The predicted octanol–water partition coefficient (Wildman–Crippen LogP) is 5.34. The smallest absolute Gasteiger partial charge is 0.150 e. The molecule has 0 atom stereocenters. The van der Waals surface area contributed by atoms with Gasteiger partial charge >= 0.3 is 0 Å². The summed E-state index contributed by atoms with van der Waals surface area (Å²) >= 11 is 0. The Morgan fingerprint density at radius 2 is 1.45 bits per heavy atom. The summed E-state index contributed by atoms with van der Waals surface area (Å²) < 4.78 is 0. The fourth-order valence-electron chi connectivity index (χ4n) is 2.68. The van der Waals surface area contributed by atoms with Crippen molar-refractivity contribution in [2.75, 3.05) is 0 Å². The van der Waals surface area contributed by atoms with Crippen molar-refractivity contribution in [3.63, 3.8) is 0 Å². The molecule has 2 rings (SSSR count). The molecule has 1 nitrogen and oxygen atoms in total. The number of carbonyl (C=O) groups excluding carboxylic acids is 1. The molecular formula is C19H24O. The van der Waals surface area contributed by atoms with Gasteiger partial charge in [-0.15, -0.1) is 0 Å². The topological polar surface area (TPSA) is 17.1 Å². The quantitative estimate of drug-likeness (QED) is 0.620. The van der Waals surface area contributed by atoms with Gasteiger partial charge in [0.2, 0.25) is 0 Å². The number of unbranched alkanes of at least 4 members (excludes halogenated alkanes) is 2. The SMILES string of the molecule is CCCCc1cc2ccc(C=O)cc2cc1CCCC. The number of benzene rings is 2. The summed E-state index contributed by atoms with van der Waals surface area (Å²) in [5.74, 6) is 0. The number of aldehydes is 1. The first kappa shape index (κ1) is 14.8. The number of carbonyl (C=O) groups is 1.